The van der Waals surface area contributed by atoms with E-state index in [4.69, 9.17) is 32.7 Å². The fourth-order valence-electron chi connectivity index (χ4n) is 2.61. The molecule has 1 aromatic rings. The average Bonchev–Trinajstić information content (AvgIpc) is 3.39. The predicted molar refractivity (Wildman–Crippen MR) is 91.0 cm³/mol. The van der Waals surface area contributed by atoms with Crippen LogP contribution >= 0.6 is 0 Å². The van der Waals surface area contributed by atoms with Crippen LogP contribution in [0.5, 0.6) is 11.5 Å². The molecule has 1 unspecified atom stereocenters. The van der Waals surface area contributed by atoms with Crippen molar-refractivity contribution in [3.05, 3.63) is 57.5 Å². The summed E-state index contributed by atoms with van der Waals surface area (Å²) in [7, 11) is 0. The fraction of sp³-hybridized carbons (Fsp3) is 0.400. The number of hydrogen-bond donors (Lipinski definition) is 0. The van der Waals surface area contributed by atoms with Gasteiger partial charge >= 0.3 is 178 Å². The maximum absolute atomic E-state index is 7.50. The van der Waals surface area contributed by atoms with E-state index in [1.807, 2.05) is 24.3 Å². The van der Waals surface area contributed by atoms with Gasteiger partial charge < -0.3 is 0 Å². The molecule has 0 aromatic heterocycles. The first-order valence-corrected chi connectivity index (χ1v) is 8.65. The van der Waals surface area contributed by atoms with Crippen molar-refractivity contribution in [3.63, 3.8) is 0 Å². The fourth-order valence-corrected chi connectivity index (χ4v) is 3.08. The van der Waals surface area contributed by atoms with Gasteiger partial charge in [0.1, 0.15) is 0 Å². The summed E-state index contributed by atoms with van der Waals surface area (Å²) in [5.74, 6) is 1.74. The number of ether oxygens (including phenoxy) is 2. The molecule has 3 rings (SSSR count). The van der Waals surface area contributed by atoms with Crippen LogP contribution in [0, 0.1) is 33.3 Å². The summed E-state index contributed by atoms with van der Waals surface area (Å²) >= 11 is 3.22. The number of benzene rings is 1. The summed E-state index contributed by atoms with van der Waals surface area (Å²) in [6, 6.07) is 7.90. The Morgan fingerprint density at radius 1 is 0.897 bits per heavy atom. The molecule has 0 aliphatic carbocycles. The number of likely N-dealkylation sites (tertiary alicyclic amines) is 1. The molecule has 2 heterocycles. The Balaban J connectivity index is -0.000000594. The summed E-state index contributed by atoms with van der Waals surface area (Å²) in [6.07, 6.45) is 4.87. The number of rotatable bonds is 4. The van der Waals surface area contributed by atoms with E-state index in [1.165, 1.54) is 30.4 Å². The number of nitrogens with zero attached hydrogens (tertiary/aromatic N) is 1. The minimum atomic E-state index is 0.167. The predicted octanol–water partition coefficient (Wildman–Crippen LogP) is 2.19. The third-order valence-electron chi connectivity index (χ3n) is 3.71. The molecule has 0 bridgehead atoms. The summed E-state index contributed by atoms with van der Waals surface area (Å²) < 4.78 is 50.6. The van der Waals surface area contributed by atoms with Crippen LogP contribution in [0.15, 0.2) is 24.3 Å². The van der Waals surface area contributed by atoms with Gasteiger partial charge in [0.2, 0.25) is 0 Å². The molecule has 152 valence electrons. The van der Waals surface area contributed by atoms with E-state index >= 15 is 0 Å². The van der Waals surface area contributed by atoms with Crippen LogP contribution < -0.4 is 9.47 Å². The zero-order valence-electron chi connectivity index (χ0n) is 15.5. The van der Waals surface area contributed by atoms with Crippen LogP contribution in [0.3, 0.4) is 0 Å². The molecule has 9 heteroatoms. The number of para-hydroxylation sites is 2. The van der Waals surface area contributed by atoms with Crippen molar-refractivity contribution >= 4 is 4.50 Å². The van der Waals surface area contributed by atoms with Gasteiger partial charge in [-0.1, -0.05) is 0 Å². The van der Waals surface area contributed by atoms with Gasteiger partial charge in [-0.15, -0.1) is 0 Å². The van der Waals surface area contributed by atoms with Gasteiger partial charge in [0.05, 0.1) is 0 Å². The van der Waals surface area contributed by atoms with Crippen molar-refractivity contribution in [2.24, 2.45) is 0 Å². The van der Waals surface area contributed by atoms with Crippen LogP contribution in [0.2, 0.25) is 0 Å². The van der Waals surface area contributed by atoms with Gasteiger partial charge in [-0.3, -0.25) is 0 Å². The summed E-state index contributed by atoms with van der Waals surface area (Å²) in [6.45, 7) is 25.6. The number of fused-ring (bicyclic) bond motifs is 1. The van der Waals surface area contributed by atoms with Gasteiger partial charge in [-0.25, -0.2) is 0 Å². The van der Waals surface area contributed by atoms with Crippen molar-refractivity contribution in [2.45, 2.75) is 31.8 Å². The number of hydrogen-bond acceptors (Lipinski definition) is 3. The molecule has 1 aromatic carbocycles. The molecule has 8 nitrogen and oxygen atoms in total. The minimum absolute atomic E-state index is 0.167. The van der Waals surface area contributed by atoms with E-state index in [0.29, 0.717) is 6.61 Å². The Kier molecular flexibility index (Phi) is 26.0. The molecule has 0 radical (unpaired) electrons. The van der Waals surface area contributed by atoms with Crippen molar-refractivity contribution in [1.82, 2.24) is 4.90 Å². The zero-order valence-corrected chi connectivity index (χ0v) is 16.8. The molecule has 1 fully saturated rings. The van der Waals surface area contributed by atoms with E-state index in [-0.39, 0.29) is 6.10 Å². The summed E-state index contributed by atoms with van der Waals surface area (Å²) in [5, 5.41) is 0. The third kappa shape index (κ3) is 12.9. The van der Waals surface area contributed by atoms with Crippen LogP contribution in [0.25, 0.3) is 0 Å². The summed E-state index contributed by atoms with van der Waals surface area (Å²) in [5.41, 5.74) is 0. The van der Waals surface area contributed by atoms with Crippen LogP contribution in [0.4, 0.5) is 0 Å². The van der Waals surface area contributed by atoms with E-state index in [2.05, 4.69) is 54.0 Å². The SMILES string of the molecule is [C-]#[O+].[C-]#[O+].[C-]#[O+].[C-]#[O+].[C-]#[O+].[Cr]=[C](CCC1COc2ccccc2O1)N1CCCC1. The molecule has 1 saturated heterocycles. The van der Waals surface area contributed by atoms with Gasteiger partial charge in [-0.2, -0.15) is 0 Å². The Bertz CT molecular complexity index is 626. The Morgan fingerprint density at radius 3 is 1.90 bits per heavy atom. The molecule has 2 aliphatic rings. The van der Waals surface area contributed by atoms with Crippen LogP contribution in [-0.4, -0.2) is 35.2 Å². The first kappa shape index (κ1) is 31.6. The Hall–Kier alpha value is -2.12. The first-order chi connectivity index (χ1) is 14.3. The Labute approximate surface area is 178 Å². The molecular formula is C20H19CrNO7. The van der Waals surface area contributed by atoms with Crippen molar-refractivity contribution in [3.8, 4) is 11.5 Å². The van der Waals surface area contributed by atoms with E-state index < -0.39 is 0 Å². The van der Waals surface area contributed by atoms with Gasteiger partial charge in [0.25, 0.3) is 0 Å². The quantitative estimate of drug-likeness (QED) is 0.530. The molecule has 29 heavy (non-hydrogen) atoms. The second-order valence-corrected chi connectivity index (χ2v) is 5.86. The second-order valence-electron chi connectivity index (χ2n) is 5.12. The maximum atomic E-state index is 7.50. The molecule has 0 saturated carbocycles. The van der Waals surface area contributed by atoms with Gasteiger partial charge in [0, 0.05) is 0 Å². The van der Waals surface area contributed by atoms with E-state index in [0.717, 1.165) is 24.3 Å². The third-order valence-corrected chi connectivity index (χ3v) is 4.43. The van der Waals surface area contributed by atoms with Crippen molar-refractivity contribution < 1.29 is 48.6 Å². The average molecular weight is 437 g/mol. The van der Waals surface area contributed by atoms with Crippen LogP contribution in [0.1, 0.15) is 25.7 Å². The molecule has 1 atom stereocenters. The van der Waals surface area contributed by atoms with Gasteiger partial charge in [0.15, 0.2) is 0 Å². The van der Waals surface area contributed by atoms with Crippen molar-refractivity contribution in [1.29, 1.82) is 0 Å². The second kappa shape index (κ2) is 23.9. The summed E-state index contributed by atoms with van der Waals surface area (Å²) in [4.78, 5) is 2.46. The van der Waals surface area contributed by atoms with E-state index in [1.54, 1.807) is 0 Å². The topological polar surface area (TPSA) is 121 Å². The normalized spacial score (nSPS) is 15.0. The molecule has 2 aliphatic heterocycles. The van der Waals surface area contributed by atoms with E-state index in [9.17, 15) is 0 Å². The molecular weight excluding hydrogens is 418 g/mol. The van der Waals surface area contributed by atoms with Gasteiger partial charge in [-0.05, 0) is 0 Å². The zero-order chi connectivity index (χ0) is 23.1. The standard InChI is InChI=1S/C15H19NO2.5CO.Cr/c1-2-8-15-14(7-1)17-12-13(18-15)6-5-11-16-9-3-4-10-16;5*1-2;/h1-2,7-8,13H,3-6,9-10,12H2;;;;;;. The van der Waals surface area contributed by atoms with Crippen LogP contribution in [-0.2, 0) is 39.1 Å². The molecule has 0 amide bonds. The first-order valence-electron chi connectivity index (χ1n) is 8.01. The van der Waals surface area contributed by atoms with Crippen molar-refractivity contribution in [2.75, 3.05) is 19.7 Å². The molecule has 0 N–H and O–H groups in total. The Morgan fingerprint density at radius 2 is 1.38 bits per heavy atom. The monoisotopic (exact) mass is 437 g/mol. The molecule has 0 spiro atoms.